The lowest BCUT2D eigenvalue weighted by Crippen LogP contribution is -2.52. The summed E-state index contributed by atoms with van der Waals surface area (Å²) in [7, 11) is 0. The number of nitrogens with one attached hydrogen (secondary N) is 1. The Labute approximate surface area is 122 Å². The largest absolute Gasteiger partial charge is 0.335 e. The number of carbonyl (C=O) groups excluding carboxylic acids is 1. The van der Waals surface area contributed by atoms with Gasteiger partial charge in [-0.1, -0.05) is 0 Å². The predicted octanol–water partition coefficient (Wildman–Crippen LogP) is 0.0796. The molecule has 106 valence electrons. The highest BCUT2D eigenvalue weighted by Gasteiger charge is 2.28. The molecule has 1 N–H and O–H groups in total. The Balaban J connectivity index is 0.00000133. The standard InChI is InChI=1S/C11H17N5OS.ClH/c17-11(10-8-13-18-14-10)16-5-3-15(4-6-16)9-1-2-12-7-9;/h8-9,12H,1-7H2;1H. The summed E-state index contributed by atoms with van der Waals surface area (Å²) in [5.74, 6) is 0.0212. The first-order valence-electron chi connectivity index (χ1n) is 6.36. The van der Waals surface area contributed by atoms with E-state index in [4.69, 9.17) is 0 Å². The molecule has 2 fully saturated rings. The van der Waals surface area contributed by atoms with Gasteiger partial charge in [-0.25, -0.2) is 0 Å². The van der Waals surface area contributed by atoms with Crippen LogP contribution in [0, 0.1) is 0 Å². The Morgan fingerprint density at radius 2 is 2.16 bits per heavy atom. The number of hydrogen-bond donors (Lipinski definition) is 1. The molecule has 0 aromatic carbocycles. The highest BCUT2D eigenvalue weighted by molar-refractivity contribution is 6.99. The lowest BCUT2D eigenvalue weighted by Gasteiger charge is -2.37. The minimum absolute atomic E-state index is 0. The smallest absolute Gasteiger partial charge is 0.275 e. The van der Waals surface area contributed by atoms with Crippen molar-refractivity contribution in [2.24, 2.45) is 0 Å². The molecule has 0 spiro atoms. The summed E-state index contributed by atoms with van der Waals surface area (Å²) in [5.41, 5.74) is 0.482. The van der Waals surface area contributed by atoms with Gasteiger partial charge in [0.2, 0.25) is 0 Å². The van der Waals surface area contributed by atoms with Crippen molar-refractivity contribution in [3.8, 4) is 0 Å². The molecule has 0 radical (unpaired) electrons. The Kier molecular flexibility index (Phi) is 5.09. The van der Waals surface area contributed by atoms with Crippen LogP contribution >= 0.6 is 24.1 Å². The van der Waals surface area contributed by atoms with E-state index in [1.165, 1.54) is 6.42 Å². The van der Waals surface area contributed by atoms with E-state index in [-0.39, 0.29) is 18.3 Å². The number of amides is 1. The molecule has 2 aliphatic heterocycles. The van der Waals surface area contributed by atoms with Gasteiger partial charge in [-0.05, 0) is 13.0 Å². The Bertz CT molecular complexity index is 401. The third-order valence-corrected chi connectivity index (χ3v) is 4.21. The summed E-state index contributed by atoms with van der Waals surface area (Å²) in [6.45, 7) is 5.74. The van der Waals surface area contributed by atoms with Crippen molar-refractivity contribution in [1.29, 1.82) is 0 Å². The van der Waals surface area contributed by atoms with E-state index < -0.39 is 0 Å². The first-order valence-corrected chi connectivity index (χ1v) is 7.09. The molecule has 0 saturated carbocycles. The number of piperazine rings is 1. The van der Waals surface area contributed by atoms with Crippen LogP contribution in [-0.4, -0.2) is 69.8 Å². The second kappa shape index (κ2) is 6.60. The molecular formula is C11H18ClN5OS. The van der Waals surface area contributed by atoms with Gasteiger partial charge in [-0.15, -0.1) is 12.4 Å². The predicted molar refractivity (Wildman–Crippen MR) is 75.9 cm³/mol. The van der Waals surface area contributed by atoms with Crippen molar-refractivity contribution in [3.63, 3.8) is 0 Å². The van der Waals surface area contributed by atoms with Crippen LogP contribution in [0.25, 0.3) is 0 Å². The topological polar surface area (TPSA) is 61.4 Å². The van der Waals surface area contributed by atoms with Crippen LogP contribution in [0.3, 0.4) is 0 Å². The van der Waals surface area contributed by atoms with Gasteiger partial charge in [0.15, 0.2) is 5.69 Å². The zero-order valence-electron chi connectivity index (χ0n) is 10.6. The van der Waals surface area contributed by atoms with Crippen LogP contribution in [0.4, 0.5) is 0 Å². The highest BCUT2D eigenvalue weighted by atomic mass is 35.5. The van der Waals surface area contributed by atoms with E-state index in [0.29, 0.717) is 11.7 Å². The van der Waals surface area contributed by atoms with Crippen molar-refractivity contribution in [2.45, 2.75) is 12.5 Å². The molecule has 3 rings (SSSR count). The van der Waals surface area contributed by atoms with E-state index in [2.05, 4.69) is 19.0 Å². The molecule has 8 heteroatoms. The van der Waals surface area contributed by atoms with Gasteiger partial charge in [0.25, 0.3) is 5.91 Å². The number of hydrogen-bond acceptors (Lipinski definition) is 6. The monoisotopic (exact) mass is 303 g/mol. The van der Waals surface area contributed by atoms with E-state index in [0.717, 1.165) is 51.0 Å². The minimum Gasteiger partial charge on any atom is -0.335 e. The number of rotatable bonds is 2. The lowest BCUT2D eigenvalue weighted by atomic mass is 10.2. The number of nitrogens with zero attached hydrogens (tertiary/aromatic N) is 4. The summed E-state index contributed by atoms with van der Waals surface area (Å²) in [6.07, 6.45) is 2.78. The summed E-state index contributed by atoms with van der Waals surface area (Å²) in [5, 5.41) is 3.39. The van der Waals surface area contributed by atoms with E-state index >= 15 is 0 Å². The zero-order valence-corrected chi connectivity index (χ0v) is 12.3. The molecule has 1 aromatic heterocycles. The first-order chi connectivity index (χ1) is 8.84. The molecule has 1 atom stereocenters. The molecular weight excluding hydrogens is 286 g/mol. The number of halogens is 1. The van der Waals surface area contributed by atoms with Gasteiger partial charge in [0.1, 0.15) is 0 Å². The average Bonchev–Trinajstić information content (AvgIpc) is 3.11. The Hall–Kier alpha value is -0.760. The van der Waals surface area contributed by atoms with Crippen LogP contribution in [0.15, 0.2) is 6.20 Å². The lowest BCUT2D eigenvalue weighted by molar-refractivity contribution is 0.0579. The van der Waals surface area contributed by atoms with Crippen LogP contribution in [0.2, 0.25) is 0 Å². The summed E-state index contributed by atoms with van der Waals surface area (Å²) < 4.78 is 7.88. The maximum Gasteiger partial charge on any atom is 0.275 e. The van der Waals surface area contributed by atoms with Crippen molar-refractivity contribution in [3.05, 3.63) is 11.9 Å². The average molecular weight is 304 g/mol. The van der Waals surface area contributed by atoms with Gasteiger partial charge < -0.3 is 10.2 Å². The molecule has 19 heavy (non-hydrogen) atoms. The quantitative estimate of drug-likeness (QED) is 0.838. The minimum atomic E-state index is 0. The highest BCUT2D eigenvalue weighted by Crippen LogP contribution is 2.13. The molecule has 6 nitrogen and oxygen atoms in total. The maximum absolute atomic E-state index is 12.1. The van der Waals surface area contributed by atoms with Gasteiger partial charge in [0, 0.05) is 38.8 Å². The Morgan fingerprint density at radius 3 is 2.74 bits per heavy atom. The Morgan fingerprint density at radius 1 is 1.37 bits per heavy atom. The first kappa shape index (κ1) is 14.6. The van der Waals surface area contributed by atoms with E-state index in [1.54, 1.807) is 6.20 Å². The van der Waals surface area contributed by atoms with Crippen molar-refractivity contribution in [2.75, 3.05) is 39.3 Å². The van der Waals surface area contributed by atoms with E-state index in [9.17, 15) is 4.79 Å². The molecule has 2 aliphatic rings. The number of carbonyl (C=O) groups is 1. The van der Waals surface area contributed by atoms with Gasteiger partial charge in [0.05, 0.1) is 17.9 Å². The van der Waals surface area contributed by atoms with Crippen LogP contribution in [-0.2, 0) is 0 Å². The van der Waals surface area contributed by atoms with Crippen LogP contribution in [0.5, 0.6) is 0 Å². The fraction of sp³-hybridized carbons (Fsp3) is 0.727. The summed E-state index contributed by atoms with van der Waals surface area (Å²) >= 11 is 1.09. The van der Waals surface area contributed by atoms with Gasteiger partial charge >= 0.3 is 0 Å². The summed E-state index contributed by atoms with van der Waals surface area (Å²) in [6, 6.07) is 0.656. The van der Waals surface area contributed by atoms with Crippen molar-refractivity contribution < 1.29 is 4.79 Å². The number of aromatic nitrogens is 2. The van der Waals surface area contributed by atoms with Crippen LogP contribution < -0.4 is 5.32 Å². The molecule has 0 aliphatic carbocycles. The molecule has 2 saturated heterocycles. The summed E-state index contributed by atoms with van der Waals surface area (Å²) in [4.78, 5) is 16.5. The fourth-order valence-corrected chi connectivity index (χ4v) is 3.07. The van der Waals surface area contributed by atoms with E-state index in [1.807, 2.05) is 4.90 Å². The second-order valence-corrected chi connectivity index (χ2v) is 5.32. The van der Waals surface area contributed by atoms with Crippen molar-refractivity contribution in [1.82, 2.24) is 23.9 Å². The van der Waals surface area contributed by atoms with Crippen molar-refractivity contribution >= 4 is 30.0 Å². The fourth-order valence-electron chi connectivity index (χ4n) is 2.66. The maximum atomic E-state index is 12.1. The molecule has 1 aromatic rings. The molecule has 1 unspecified atom stereocenters. The zero-order chi connectivity index (χ0) is 12.4. The van der Waals surface area contributed by atoms with Gasteiger partial charge in [-0.3, -0.25) is 9.69 Å². The third kappa shape index (κ3) is 3.22. The molecule has 1 amide bonds. The SMILES string of the molecule is Cl.O=C(c1cnsn1)N1CCN(C2CCNC2)CC1. The second-order valence-electron chi connectivity index (χ2n) is 4.77. The molecule has 0 bridgehead atoms. The third-order valence-electron chi connectivity index (χ3n) is 3.73. The van der Waals surface area contributed by atoms with Crippen LogP contribution in [0.1, 0.15) is 16.9 Å². The van der Waals surface area contributed by atoms with Gasteiger partial charge in [-0.2, -0.15) is 8.75 Å². The molecule has 3 heterocycles. The normalized spacial score (nSPS) is 24.2.